The monoisotopic (exact) mass is 496 g/mol. The van der Waals surface area contributed by atoms with Gasteiger partial charge in [0.25, 0.3) is 0 Å². The Hall–Kier alpha value is -1.00. The molecule has 0 bridgehead atoms. The maximum atomic E-state index is 12.6. The van der Waals surface area contributed by atoms with Crippen LogP contribution in [-0.2, 0) is 9.53 Å². The van der Waals surface area contributed by atoms with Gasteiger partial charge in [-0.15, -0.1) is 0 Å². The van der Waals surface area contributed by atoms with Gasteiger partial charge in [-0.25, -0.2) is 0 Å². The molecule has 200 valence electrons. The molecule has 3 saturated carbocycles. The average Bonchev–Trinajstić information content (AvgIpc) is 3.09. The SMILES string of the molecule is CC(C)CCC[C@@H](C)[C@H]1CC[C@H]2[C@@H]3CC=C4C[C@@H](OC(=O)CC(F)(F)F)CC[C@]4(C)[C@H]3CC[C@]12C. The molecule has 0 spiro atoms. The predicted molar refractivity (Wildman–Crippen MR) is 134 cm³/mol. The Bertz CT molecular complexity index is 802. The third-order valence-corrected chi connectivity index (χ3v) is 10.9. The zero-order valence-electron chi connectivity index (χ0n) is 22.6. The van der Waals surface area contributed by atoms with Gasteiger partial charge >= 0.3 is 12.1 Å². The number of ether oxygens (including phenoxy) is 1. The van der Waals surface area contributed by atoms with Gasteiger partial charge in [-0.05, 0) is 91.3 Å². The highest BCUT2D eigenvalue weighted by Crippen LogP contribution is 2.67. The molecule has 5 heteroatoms. The largest absolute Gasteiger partial charge is 0.462 e. The molecule has 0 unspecified atom stereocenters. The summed E-state index contributed by atoms with van der Waals surface area (Å²) in [6.07, 6.45) is 8.65. The van der Waals surface area contributed by atoms with Gasteiger partial charge in [0, 0.05) is 6.42 Å². The van der Waals surface area contributed by atoms with Crippen molar-refractivity contribution in [2.45, 2.75) is 124 Å². The van der Waals surface area contributed by atoms with Gasteiger partial charge in [-0.3, -0.25) is 4.79 Å². The lowest BCUT2D eigenvalue weighted by molar-refractivity contribution is -0.177. The molecule has 0 aromatic heterocycles. The van der Waals surface area contributed by atoms with Crippen molar-refractivity contribution in [1.82, 2.24) is 0 Å². The number of esters is 1. The predicted octanol–water partition coefficient (Wildman–Crippen LogP) is 8.89. The molecule has 8 atom stereocenters. The standard InChI is InChI=1S/C30H47F3O2/c1-19(2)7-6-8-20(3)24-11-12-25-23-10-9-21-17-22(35-27(34)18-30(31,32)33)13-15-28(21,4)26(23)14-16-29(24,25)5/h9,19-20,22-26H,6-8,10-18H2,1-5H3/t20-,22+,23+,24-,25+,26+,28+,29-/m1/s1. The molecule has 0 aromatic carbocycles. The Balaban J connectivity index is 1.42. The van der Waals surface area contributed by atoms with Crippen molar-refractivity contribution in [1.29, 1.82) is 0 Å². The van der Waals surface area contributed by atoms with Crippen molar-refractivity contribution in [2.24, 2.45) is 46.3 Å². The first-order chi connectivity index (χ1) is 16.3. The molecule has 4 aliphatic carbocycles. The summed E-state index contributed by atoms with van der Waals surface area (Å²) in [5.41, 5.74) is 1.90. The molecule has 4 rings (SSSR count). The van der Waals surface area contributed by atoms with Gasteiger partial charge in [-0.2, -0.15) is 13.2 Å². The Morgan fingerprint density at radius 3 is 2.49 bits per heavy atom. The Kier molecular flexibility index (Phi) is 7.76. The van der Waals surface area contributed by atoms with Gasteiger partial charge in [0.05, 0.1) is 0 Å². The zero-order chi connectivity index (χ0) is 25.6. The number of alkyl halides is 3. The molecule has 0 aliphatic heterocycles. The number of rotatable bonds is 7. The van der Waals surface area contributed by atoms with Crippen LogP contribution in [0.5, 0.6) is 0 Å². The summed E-state index contributed by atoms with van der Waals surface area (Å²) in [4.78, 5) is 11.8. The second-order valence-corrected chi connectivity index (χ2v) is 13.4. The first-order valence-corrected chi connectivity index (χ1v) is 14.3. The highest BCUT2D eigenvalue weighted by atomic mass is 19.4. The number of carbonyl (C=O) groups is 1. The molecular formula is C30H47F3O2. The fourth-order valence-corrected chi connectivity index (χ4v) is 9.14. The van der Waals surface area contributed by atoms with E-state index in [2.05, 4.69) is 40.7 Å². The molecular weight excluding hydrogens is 449 g/mol. The van der Waals surface area contributed by atoms with Crippen LogP contribution in [0.3, 0.4) is 0 Å². The summed E-state index contributed by atoms with van der Waals surface area (Å²) < 4.78 is 43.0. The summed E-state index contributed by atoms with van der Waals surface area (Å²) in [5, 5.41) is 0. The minimum atomic E-state index is -4.50. The summed E-state index contributed by atoms with van der Waals surface area (Å²) >= 11 is 0. The molecule has 3 fully saturated rings. The van der Waals surface area contributed by atoms with Crippen molar-refractivity contribution < 1.29 is 22.7 Å². The van der Waals surface area contributed by atoms with E-state index in [4.69, 9.17) is 4.74 Å². The van der Waals surface area contributed by atoms with Gasteiger partial charge in [0.2, 0.25) is 0 Å². The lowest BCUT2D eigenvalue weighted by Crippen LogP contribution is -2.51. The van der Waals surface area contributed by atoms with E-state index in [1.807, 2.05) is 0 Å². The fourth-order valence-electron chi connectivity index (χ4n) is 9.14. The quantitative estimate of drug-likeness (QED) is 0.260. The van der Waals surface area contributed by atoms with Crippen molar-refractivity contribution in [3.8, 4) is 0 Å². The minimum absolute atomic E-state index is 0.109. The van der Waals surface area contributed by atoms with Gasteiger partial charge < -0.3 is 4.74 Å². The average molecular weight is 497 g/mol. The first kappa shape index (κ1) is 27.0. The maximum absolute atomic E-state index is 12.6. The summed E-state index contributed by atoms with van der Waals surface area (Å²) in [6.45, 7) is 12.1. The van der Waals surface area contributed by atoms with Crippen LogP contribution in [0.15, 0.2) is 11.6 Å². The van der Waals surface area contributed by atoms with Crippen LogP contribution in [-0.4, -0.2) is 18.2 Å². The van der Waals surface area contributed by atoms with E-state index >= 15 is 0 Å². The number of halogens is 3. The first-order valence-electron chi connectivity index (χ1n) is 14.3. The third-order valence-electron chi connectivity index (χ3n) is 10.9. The molecule has 0 radical (unpaired) electrons. The number of carbonyl (C=O) groups excluding carboxylic acids is 1. The van der Waals surface area contributed by atoms with Crippen LogP contribution in [0.4, 0.5) is 13.2 Å². The Morgan fingerprint density at radius 2 is 1.80 bits per heavy atom. The lowest BCUT2D eigenvalue weighted by atomic mass is 9.47. The fraction of sp³-hybridized carbons (Fsp3) is 0.900. The van der Waals surface area contributed by atoms with E-state index in [-0.39, 0.29) is 5.41 Å². The van der Waals surface area contributed by atoms with Crippen LogP contribution < -0.4 is 0 Å². The molecule has 0 amide bonds. The molecule has 4 aliphatic rings. The Morgan fingerprint density at radius 1 is 1.06 bits per heavy atom. The number of fused-ring (bicyclic) bond motifs is 5. The summed E-state index contributed by atoms with van der Waals surface area (Å²) in [6, 6.07) is 0. The second kappa shape index (κ2) is 10.0. The van der Waals surface area contributed by atoms with E-state index in [9.17, 15) is 18.0 Å². The molecule has 0 saturated heterocycles. The highest BCUT2D eigenvalue weighted by Gasteiger charge is 2.59. The van der Waals surface area contributed by atoms with Crippen LogP contribution >= 0.6 is 0 Å². The van der Waals surface area contributed by atoms with Gasteiger partial charge in [0.1, 0.15) is 12.5 Å². The van der Waals surface area contributed by atoms with Crippen LogP contribution in [0.1, 0.15) is 112 Å². The normalized spacial score (nSPS) is 39.9. The number of hydrogen-bond donors (Lipinski definition) is 0. The molecule has 0 aromatic rings. The van der Waals surface area contributed by atoms with E-state index in [1.54, 1.807) is 0 Å². The number of hydrogen-bond acceptors (Lipinski definition) is 2. The topological polar surface area (TPSA) is 26.3 Å². The number of allylic oxidation sites excluding steroid dienone is 1. The van der Waals surface area contributed by atoms with E-state index < -0.39 is 24.7 Å². The van der Waals surface area contributed by atoms with Crippen LogP contribution in [0, 0.1) is 46.3 Å². The highest BCUT2D eigenvalue weighted by molar-refractivity contribution is 5.70. The van der Waals surface area contributed by atoms with Crippen molar-refractivity contribution in [3.05, 3.63) is 11.6 Å². The molecule has 0 N–H and O–H groups in total. The minimum Gasteiger partial charge on any atom is -0.462 e. The second-order valence-electron chi connectivity index (χ2n) is 13.4. The van der Waals surface area contributed by atoms with E-state index in [0.29, 0.717) is 24.2 Å². The third kappa shape index (κ3) is 5.49. The molecule has 35 heavy (non-hydrogen) atoms. The lowest BCUT2D eigenvalue weighted by Gasteiger charge is -2.58. The zero-order valence-corrected chi connectivity index (χ0v) is 22.6. The smallest absolute Gasteiger partial charge is 0.399 e. The summed E-state index contributed by atoms with van der Waals surface area (Å²) in [7, 11) is 0. The Labute approximate surface area is 210 Å². The molecule has 2 nitrogen and oxygen atoms in total. The van der Waals surface area contributed by atoms with Crippen molar-refractivity contribution in [2.75, 3.05) is 0 Å². The van der Waals surface area contributed by atoms with Gasteiger partial charge in [-0.1, -0.05) is 65.5 Å². The molecule has 0 heterocycles. The van der Waals surface area contributed by atoms with Crippen molar-refractivity contribution in [3.63, 3.8) is 0 Å². The van der Waals surface area contributed by atoms with E-state index in [0.717, 1.165) is 42.4 Å². The van der Waals surface area contributed by atoms with E-state index in [1.165, 1.54) is 50.5 Å². The van der Waals surface area contributed by atoms with Crippen molar-refractivity contribution >= 4 is 5.97 Å². The maximum Gasteiger partial charge on any atom is 0.399 e. The van der Waals surface area contributed by atoms with Crippen LogP contribution in [0.25, 0.3) is 0 Å². The summed E-state index contributed by atoms with van der Waals surface area (Å²) in [5.74, 6) is 3.46. The van der Waals surface area contributed by atoms with Crippen LogP contribution in [0.2, 0.25) is 0 Å². The van der Waals surface area contributed by atoms with Gasteiger partial charge in [0.15, 0.2) is 0 Å².